The molecule has 2 aliphatic rings. The van der Waals surface area contributed by atoms with Gasteiger partial charge in [-0.2, -0.15) is 0 Å². The van der Waals surface area contributed by atoms with Crippen LogP contribution in [-0.4, -0.2) is 50.0 Å². The molecule has 1 aromatic rings. The van der Waals surface area contributed by atoms with Crippen LogP contribution in [-0.2, 0) is 19.1 Å². The predicted molar refractivity (Wildman–Crippen MR) is 111 cm³/mol. The zero-order valence-corrected chi connectivity index (χ0v) is 17.3. The molecule has 0 atom stereocenters. The third kappa shape index (κ3) is 4.16. The lowest BCUT2D eigenvalue weighted by atomic mass is 10.2. The molecule has 0 bridgehead atoms. The van der Waals surface area contributed by atoms with Crippen LogP contribution in [0.15, 0.2) is 39.9 Å². The number of fused-ring (bicyclic) bond motifs is 3. The summed E-state index contributed by atoms with van der Waals surface area (Å²) < 4.78 is 10.1. The van der Waals surface area contributed by atoms with Crippen molar-refractivity contribution in [3.05, 3.63) is 30.0 Å². The van der Waals surface area contributed by atoms with E-state index >= 15 is 0 Å². The second-order valence-electron chi connectivity index (χ2n) is 6.19. The van der Waals surface area contributed by atoms with Gasteiger partial charge in [0.2, 0.25) is 0 Å². The maximum atomic E-state index is 12.3. The highest BCUT2D eigenvalue weighted by Gasteiger charge is 2.29. The van der Waals surface area contributed by atoms with Gasteiger partial charge in [0, 0.05) is 36.4 Å². The Hall–Kier alpha value is -2.48. The molecule has 8 heteroatoms. The summed E-state index contributed by atoms with van der Waals surface area (Å²) in [7, 11) is 0. The number of rotatable bonds is 7. The van der Waals surface area contributed by atoms with Gasteiger partial charge in [0.15, 0.2) is 10.7 Å². The Morgan fingerprint density at radius 1 is 1.21 bits per heavy atom. The van der Waals surface area contributed by atoms with Crippen LogP contribution in [0.2, 0.25) is 0 Å². The van der Waals surface area contributed by atoms with Crippen LogP contribution in [0.4, 0.5) is 11.4 Å². The Bertz CT molecular complexity index is 802. The van der Waals surface area contributed by atoms with E-state index in [-0.39, 0.29) is 18.8 Å². The number of benzene rings is 1. The highest BCUT2D eigenvalue weighted by molar-refractivity contribution is 8.14. The fourth-order valence-corrected chi connectivity index (χ4v) is 4.21. The molecule has 0 saturated heterocycles. The Labute approximate surface area is 169 Å². The lowest BCUT2D eigenvalue weighted by Gasteiger charge is -2.23. The molecule has 2 aliphatic heterocycles. The van der Waals surface area contributed by atoms with Gasteiger partial charge in [-0.1, -0.05) is 0 Å². The zero-order chi connectivity index (χ0) is 20.1. The number of carbonyl (C=O) groups is 2. The molecular formula is C20H25N3O4S. The first-order chi connectivity index (χ1) is 13.6. The Kier molecular flexibility index (Phi) is 6.61. The maximum Gasteiger partial charge on any atom is 0.347 e. The molecule has 28 heavy (non-hydrogen) atoms. The molecule has 3 rings (SSSR count). The molecule has 0 aliphatic carbocycles. The van der Waals surface area contributed by atoms with Gasteiger partial charge in [-0.25, -0.2) is 9.59 Å². The number of nitrogens with zero attached hydrogens (tertiary/aromatic N) is 3. The average Bonchev–Trinajstić information content (AvgIpc) is 3.06. The van der Waals surface area contributed by atoms with E-state index in [1.54, 1.807) is 25.6 Å². The van der Waals surface area contributed by atoms with E-state index in [9.17, 15) is 9.59 Å². The van der Waals surface area contributed by atoms with Crippen molar-refractivity contribution in [2.45, 2.75) is 32.1 Å². The normalized spacial score (nSPS) is 14.5. The third-order valence-electron chi connectivity index (χ3n) is 4.40. The Morgan fingerprint density at radius 2 is 1.93 bits per heavy atom. The second kappa shape index (κ2) is 9.14. The minimum Gasteiger partial charge on any atom is -0.462 e. The molecule has 0 unspecified atom stereocenters. The minimum absolute atomic E-state index is 0.111. The van der Waals surface area contributed by atoms with E-state index < -0.39 is 11.9 Å². The van der Waals surface area contributed by atoms with Gasteiger partial charge in [0.05, 0.1) is 18.9 Å². The number of ether oxygens (including phenoxy) is 2. The first-order valence-corrected chi connectivity index (χ1v) is 10.4. The maximum absolute atomic E-state index is 12.3. The molecule has 1 aromatic carbocycles. The largest absolute Gasteiger partial charge is 0.462 e. The van der Waals surface area contributed by atoms with Crippen molar-refractivity contribution >= 4 is 40.2 Å². The average molecular weight is 404 g/mol. The molecule has 2 heterocycles. The molecule has 0 amide bonds. The van der Waals surface area contributed by atoms with Gasteiger partial charge in [-0.3, -0.25) is 4.99 Å². The zero-order valence-electron chi connectivity index (χ0n) is 16.4. The van der Waals surface area contributed by atoms with Gasteiger partial charge in [0.1, 0.15) is 0 Å². The molecule has 0 radical (unpaired) electrons. The monoisotopic (exact) mass is 403 g/mol. The van der Waals surface area contributed by atoms with Crippen molar-refractivity contribution in [3.8, 4) is 0 Å². The van der Waals surface area contributed by atoms with Crippen LogP contribution in [0, 0.1) is 0 Å². The minimum atomic E-state index is -0.679. The fraction of sp³-hybridized carbons (Fsp3) is 0.450. The summed E-state index contributed by atoms with van der Waals surface area (Å²) in [5.41, 5.74) is 1.93. The van der Waals surface area contributed by atoms with Crippen molar-refractivity contribution < 1.29 is 19.1 Å². The molecule has 0 saturated carbocycles. The van der Waals surface area contributed by atoms with Crippen molar-refractivity contribution in [1.82, 2.24) is 0 Å². The SMILES string of the molecule is CCOC(=O)C(=CN(CC)c1ccc2c(c1)SC1=NCCCN12)C(=O)OCC. The van der Waals surface area contributed by atoms with Crippen LogP contribution in [0.1, 0.15) is 27.2 Å². The smallest absolute Gasteiger partial charge is 0.347 e. The molecular weight excluding hydrogens is 378 g/mol. The summed E-state index contributed by atoms with van der Waals surface area (Å²) in [5.74, 6) is -1.36. The topological polar surface area (TPSA) is 71.4 Å². The number of hydrogen-bond acceptors (Lipinski definition) is 8. The number of amidine groups is 1. The fourth-order valence-electron chi connectivity index (χ4n) is 3.09. The number of carbonyl (C=O) groups excluding carboxylic acids is 2. The van der Waals surface area contributed by atoms with Crippen molar-refractivity contribution in [2.24, 2.45) is 4.99 Å². The predicted octanol–water partition coefficient (Wildman–Crippen LogP) is 3.19. The lowest BCUT2D eigenvalue weighted by molar-refractivity contribution is -0.146. The molecule has 150 valence electrons. The summed E-state index contributed by atoms with van der Waals surface area (Å²) in [6.45, 7) is 8.16. The van der Waals surface area contributed by atoms with Gasteiger partial charge in [-0.05, 0) is 57.2 Å². The molecule has 0 fully saturated rings. The second-order valence-corrected chi connectivity index (χ2v) is 7.20. The first-order valence-electron chi connectivity index (χ1n) is 9.55. The quantitative estimate of drug-likeness (QED) is 0.300. The van der Waals surface area contributed by atoms with Crippen LogP contribution in [0.5, 0.6) is 0 Å². The van der Waals surface area contributed by atoms with Crippen molar-refractivity contribution in [3.63, 3.8) is 0 Å². The summed E-state index contributed by atoms with van der Waals surface area (Å²) in [5, 5.41) is 1.04. The van der Waals surface area contributed by atoms with Gasteiger partial charge >= 0.3 is 11.9 Å². The molecule has 0 aromatic heterocycles. The van der Waals surface area contributed by atoms with E-state index in [0.29, 0.717) is 6.54 Å². The number of thioether (sulfide) groups is 1. The van der Waals surface area contributed by atoms with E-state index in [1.165, 1.54) is 6.20 Å². The highest BCUT2D eigenvalue weighted by Crippen LogP contribution is 2.43. The molecule has 7 nitrogen and oxygen atoms in total. The Balaban J connectivity index is 1.91. The first kappa shape index (κ1) is 20.3. The summed E-state index contributed by atoms with van der Waals surface area (Å²) in [4.78, 5) is 34.3. The standard InChI is InChI=1S/C20H25N3O4S/c1-4-22(13-15(18(24)26-5-2)19(25)27-6-3)14-8-9-16-17(12-14)28-20-21-10-7-11-23(16)20/h8-9,12-13H,4-7,10-11H2,1-3H3. The van der Waals surface area contributed by atoms with E-state index in [4.69, 9.17) is 9.47 Å². The number of hydrogen-bond donors (Lipinski definition) is 0. The molecule has 0 N–H and O–H groups in total. The highest BCUT2D eigenvalue weighted by atomic mass is 32.2. The van der Waals surface area contributed by atoms with Gasteiger partial charge < -0.3 is 19.3 Å². The van der Waals surface area contributed by atoms with E-state index in [1.807, 2.05) is 17.9 Å². The van der Waals surface area contributed by atoms with Crippen LogP contribution >= 0.6 is 11.8 Å². The van der Waals surface area contributed by atoms with E-state index in [2.05, 4.69) is 22.0 Å². The number of aliphatic imine (C=N–C) groups is 1. The summed E-state index contributed by atoms with van der Waals surface area (Å²) in [6.07, 6.45) is 2.57. The van der Waals surface area contributed by atoms with Crippen molar-refractivity contribution in [1.29, 1.82) is 0 Å². The summed E-state index contributed by atoms with van der Waals surface area (Å²) >= 11 is 1.66. The van der Waals surface area contributed by atoms with Crippen LogP contribution in [0.25, 0.3) is 0 Å². The molecule has 0 spiro atoms. The van der Waals surface area contributed by atoms with Gasteiger partial charge in [0.25, 0.3) is 0 Å². The number of esters is 2. The Morgan fingerprint density at radius 3 is 2.57 bits per heavy atom. The third-order valence-corrected chi connectivity index (χ3v) is 5.48. The van der Waals surface area contributed by atoms with Crippen molar-refractivity contribution in [2.75, 3.05) is 42.6 Å². The van der Waals surface area contributed by atoms with Crippen LogP contribution in [0.3, 0.4) is 0 Å². The van der Waals surface area contributed by atoms with Gasteiger partial charge in [-0.15, -0.1) is 0 Å². The van der Waals surface area contributed by atoms with E-state index in [0.717, 1.165) is 40.9 Å². The van der Waals surface area contributed by atoms with Crippen LogP contribution < -0.4 is 9.80 Å². The summed E-state index contributed by atoms with van der Waals surface area (Å²) in [6, 6.07) is 6.12. The number of anilines is 2. The lowest BCUT2D eigenvalue weighted by Crippen LogP contribution is -2.30.